The summed E-state index contributed by atoms with van der Waals surface area (Å²) in [6.07, 6.45) is 0. The molecule has 0 atom stereocenters. The molecule has 6 heteroatoms. The van der Waals surface area contributed by atoms with Gasteiger partial charge in [-0.25, -0.2) is 4.79 Å². The largest absolute Gasteiger partial charge is 0.328 e. The van der Waals surface area contributed by atoms with Crippen LogP contribution < -0.4 is 11.2 Å². The van der Waals surface area contributed by atoms with Gasteiger partial charge in [0.2, 0.25) is 0 Å². The van der Waals surface area contributed by atoms with Crippen molar-refractivity contribution in [2.45, 2.75) is 0 Å². The van der Waals surface area contributed by atoms with Crippen molar-refractivity contribution < 1.29 is 4.79 Å². The lowest BCUT2D eigenvalue weighted by atomic mass is 10.4. The lowest BCUT2D eigenvalue weighted by Gasteiger charge is -1.99. The smallest absolute Gasteiger partial charge is 0.292 e. The predicted molar refractivity (Wildman–Crippen MR) is 42.5 cm³/mol. The van der Waals surface area contributed by atoms with Gasteiger partial charge < -0.3 is 0 Å². The molecule has 0 fully saturated rings. The highest BCUT2D eigenvalue weighted by Gasteiger charge is 2.07. The van der Waals surface area contributed by atoms with Gasteiger partial charge in [0.1, 0.15) is 5.69 Å². The van der Waals surface area contributed by atoms with Crippen LogP contribution in [0.1, 0.15) is 10.5 Å². The van der Waals surface area contributed by atoms with Gasteiger partial charge in [0.05, 0.1) is 0 Å². The molecule has 0 saturated heterocycles. The summed E-state index contributed by atoms with van der Waals surface area (Å²) in [7, 11) is 1.34. The zero-order valence-electron chi connectivity index (χ0n) is 6.13. The van der Waals surface area contributed by atoms with Crippen molar-refractivity contribution >= 4 is 16.8 Å². The molecule has 64 valence electrons. The third-order valence-electron chi connectivity index (χ3n) is 1.37. The van der Waals surface area contributed by atoms with Crippen molar-refractivity contribution in [1.82, 2.24) is 9.55 Å². The Morgan fingerprint density at radius 1 is 1.58 bits per heavy atom. The molecule has 1 rings (SSSR count). The summed E-state index contributed by atoms with van der Waals surface area (Å²) in [6, 6.07) is 0.969. The molecule has 0 radical (unpaired) electrons. The first-order valence-electron chi connectivity index (χ1n) is 3.02. The minimum absolute atomic E-state index is 0.120. The average molecular weight is 189 g/mol. The summed E-state index contributed by atoms with van der Waals surface area (Å²) in [6.45, 7) is 0. The number of rotatable bonds is 1. The zero-order chi connectivity index (χ0) is 9.30. The van der Waals surface area contributed by atoms with Crippen molar-refractivity contribution in [1.29, 1.82) is 0 Å². The summed E-state index contributed by atoms with van der Waals surface area (Å²) in [5, 5.41) is -0.833. The second-order valence-electron chi connectivity index (χ2n) is 2.16. The van der Waals surface area contributed by atoms with Crippen LogP contribution in [0.15, 0.2) is 15.7 Å². The Bertz CT molecular complexity index is 431. The summed E-state index contributed by atoms with van der Waals surface area (Å²) in [5.74, 6) is 0. The summed E-state index contributed by atoms with van der Waals surface area (Å²) in [4.78, 5) is 34.1. The molecule has 0 aromatic carbocycles. The number of carbonyl (C=O) groups excluding carboxylic acids is 1. The van der Waals surface area contributed by atoms with Crippen molar-refractivity contribution in [3.63, 3.8) is 0 Å². The molecular weight excluding hydrogens is 184 g/mol. The van der Waals surface area contributed by atoms with Gasteiger partial charge in [0.15, 0.2) is 0 Å². The minimum Gasteiger partial charge on any atom is -0.292 e. The molecule has 1 N–H and O–H groups in total. The van der Waals surface area contributed by atoms with E-state index in [-0.39, 0.29) is 5.69 Å². The number of hydrogen-bond donors (Lipinski definition) is 1. The van der Waals surface area contributed by atoms with Gasteiger partial charge in [0, 0.05) is 13.1 Å². The maximum Gasteiger partial charge on any atom is 0.328 e. The maximum absolute atomic E-state index is 10.9. The fourth-order valence-electron chi connectivity index (χ4n) is 0.744. The molecule has 0 spiro atoms. The normalized spacial score (nSPS) is 9.83. The number of aromatic amines is 1. The van der Waals surface area contributed by atoms with E-state index < -0.39 is 16.5 Å². The van der Waals surface area contributed by atoms with Crippen LogP contribution in [-0.4, -0.2) is 14.8 Å². The van der Waals surface area contributed by atoms with Crippen molar-refractivity contribution in [3.05, 3.63) is 32.6 Å². The first kappa shape index (κ1) is 8.73. The molecule has 1 aromatic rings. The standard InChI is InChI=1S/C6H5ClN2O3/c1-9-3(5(7)11)2-4(10)8-6(9)12/h2H,1H3,(H,8,10,12). The Morgan fingerprint density at radius 2 is 2.17 bits per heavy atom. The Labute approximate surface area is 71.6 Å². The summed E-state index contributed by atoms with van der Waals surface area (Å²) < 4.78 is 0.969. The molecule has 12 heavy (non-hydrogen) atoms. The van der Waals surface area contributed by atoms with Gasteiger partial charge in [0.25, 0.3) is 10.8 Å². The van der Waals surface area contributed by atoms with Crippen LogP contribution in [0.5, 0.6) is 0 Å². The number of halogens is 1. The Hall–Kier alpha value is -1.36. The lowest BCUT2D eigenvalue weighted by Crippen LogP contribution is -2.30. The minimum atomic E-state index is -0.833. The van der Waals surface area contributed by atoms with E-state index in [9.17, 15) is 14.4 Å². The van der Waals surface area contributed by atoms with Crippen LogP contribution in [0, 0.1) is 0 Å². The predicted octanol–water partition coefficient (Wildman–Crippen LogP) is -0.547. The van der Waals surface area contributed by atoms with Crippen LogP contribution in [0.2, 0.25) is 0 Å². The number of carbonyl (C=O) groups is 1. The van der Waals surface area contributed by atoms with E-state index >= 15 is 0 Å². The van der Waals surface area contributed by atoms with Gasteiger partial charge in [-0.15, -0.1) is 0 Å². The molecule has 0 amide bonds. The fraction of sp³-hybridized carbons (Fsp3) is 0.167. The molecule has 1 aromatic heterocycles. The van der Waals surface area contributed by atoms with Gasteiger partial charge in [-0.05, 0) is 11.6 Å². The van der Waals surface area contributed by atoms with E-state index in [0.717, 1.165) is 10.6 Å². The first-order chi connectivity index (χ1) is 5.52. The SMILES string of the molecule is Cn1c(C(=O)Cl)cc(=O)[nH]c1=O. The number of nitrogens with one attached hydrogen (secondary N) is 1. The van der Waals surface area contributed by atoms with E-state index in [1.807, 2.05) is 4.98 Å². The monoisotopic (exact) mass is 188 g/mol. The number of aromatic nitrogens is 2. The van der Waals surface area contributed by atoms with Crippen molar-refractivity contribution in [2.75, 3.05) is 0 Å². The highest BCUT2D eigenvalue weighted by molar-refractivity contribution is 6.67. The van der Waals surface area contributed by atoms with Gasteiger partial charge in [-0.1, -0.05) is 0 Å². The maximum atomic E-state index is 10.9. The van der Waals surface area contributed by atoms with Crippen LogP contribution >= 0.6 is 11.6 Å². The molecular formula is C6H5ClN2O3. The van der Waals surface area contributed by atoms with E-state index in [4.69, 9.17) is 11.6 Å². The number of H-pyrrole nitrogens is 1. The zero-order valence-corrected chi connectivity index (χ0v) is 6.88. The lowest BCUT2D eigenvalue weighted by molar-refractivity contribution is 0.107. The van der Waals surface area contributed by atoms with Crippen LogP contribution in [-0.2, 0) is 7.05 Å². The van der Waals surface area contributed by atoms with Gasteiger partial charge >= 0.3 is 5.69 Å². The second kappa shape index (κ2) is 2.94. The molecule has 0 aliphatic heterocycles. The van der Waals surface area contributed by atoms with Gasteiger partial charge in [-0.3, -0.25) is 19.1 Å². The Kier molecular flexibility index (Phi) is 2.14. The Balaban J connectivity index is 3.59. The van der Waals surface area contributed by atoms with E-state index in [1.165, 1.54) is 7.05 Å². The van der Waals surface area contributed by atoms with E-state index in [1.54, 1.807) is 0 Å². The van der Waals surface area contributed by atoms with Crippen LogP contribution in [0.3, 0.4) is 0 Å². The quantitative estimate of drug-likeness (QED) is 0.602. The molecule has 0 aliphatic carbocycles. The van der Waals surface area contributed by atoms with Gasteiger partial charge in [-0.2, -0.15) is 0 Å². The molecule has 0 bridgehead atoms. The number of nitrogens with zero attached hydrogens (tertiary/aromatic N) is 1. The van der Waals surface area contributed by atoms with Crippen molar-refractivity contribution in [3.8, 4) is 0 Å². The molecule has 0 unspecified atom stereocenters. The molecule has 5 nitrogen and oxygen atoms in total. The number of hydrogen-bond acceptors (Lipinski definition) is 3. The summed E-state index contributed by atoms with van der Waals surface area (Å²) in [5.41, 5.74) is -1.42. The highest BCUT2D eigenvalue weighted by Crippen LogP contribution is 1.95. The van der Waals surface area contributed by atoms with E-state index in [2.05, 4.69) is 0 Å². The third-order valence-corrected chi connectivity index (χ3v) is 1.56. The average Bonchev–Trinajstić information content (AvgIpc) is 1.96. The fourth-order valence-corrected chi connectivity index (χ4v) is 0.926. The van der Waals surface area contributed by atoms with E-state index in [0.29, 0.717) is 0 Å². The third kappa shape index (κ3) is 1.45. The summed E-state index contributed by atoms with van der Waals surface area (Å²) >= 11 is 5.10. The van der Waals surface area contributed by atoms with Crippen LogP contribution in [0.4, 0.5) is 0 Å². The second-order valence-corrected chi connectivity index (χ2v) is 2.50. The van der Waals surface area contributed by atoms with Crippen molar-refractivity contribution in [2.24, 2.45) is 7.05 Å². The molecule has 1 heterocycles. The van der Waals surface area contributed by atoms with Crippen LogP contribution in [0.25, 0.3) is 0 Å². The first-order valence-corrected chi connectivity index (χ1v) is 3.40. The molecule has 0 aliphatic rings. The highest BCUT2D eigenvalue weighted by atomic mass is 35.5. The molecule has 0 saturated carbocycles. The Morgan fingerprint density at radius 3 is 2.67 bits per heavy atom. The topological polar surface area (TPSA) is 71.9 Å².